The maximum absolute atomic E-state index is 12.9. The molecule has 2 aliphatic rings. The first-order chi connectivity index (χ1) is 16.3. The Morgan fingerprint density at radius 1 is 1.00 bits per heavy atom. The fourth-order valence-corrected chi connectivity index (χ4v) is 5.79. The molecule has 0 bridgehead atoms. The van der Waals surface area contributed by atoms with Gasteiger partial charge in [-0.15, -0.1) is 0 Å². The van der Waals surface area contributed by atoms with Crippen LogP contribution in [0.1, 0.15) is 23.6 Å². The van der Waals surface area contributed by atoms with Gasteiger partial charge in [-0.05, 0) is 59.7 Å². The van der Waals surface area contributed by atoms with Gasteiger partial charge in [-0.3, -0.25) is 5.01 Å². The normalized spacial score (nSPS) is 17.4. The van der Waals surface area contributed by atoms with Crippen LogP contribution in [0.2, 0.25) is 15.1 Å². The van der Waals surface area contributed by atoms with E-state index in [0.29, 0.717) is 45.9 Å². The Morgan fingerprint density at radius 2 is 1.76 bits per heavy atom. The summed E-state index contributed by atoms with van der Waals surface area (Å²) in [5.74, 6) is 0.736. The van der Waals surface area contributed by atoms with Crippen LogP contribution >= 0.6 is 34.8 Å². The largest absolute Gasteiger partial charge is 0.493 e. The molecule has 34 heavy (non-hydrogen) atoms. The molecule has 0 fully saturated rings. The van der Waals surface area contributed by atoms with Crippen molar-refractivity contribution in [2.24, 2.45) is 5.10 Å². The monoisotopic (exact) mass is 535 g/mol. The number of sulfonamides is 1. The number of nitrogens with zero attached hydrogens (tertiary/aromatic N) is 2. The summed E-state index contributed by atoms with van der Waals surface area (Å²) in [7, 11) is -3.72. The number of benzene rings is 3. The Bertz CT molecular complexity index is 1380. The van der Waals surface area contributed by atoms with Crippen LogP contribution in [-0.2, 0) is 16.4 Å². The van der Waals surface area contributed by atoms with Crippen molar-refractivity contribution in [1.82, 2.24) is 4.72 Å². The highest BCUT2D eigenvalue weighted by molar-refractivity contribution is 7.89. The molecule has 176 valence electrons. The van der Waals surface area contributed by atoms with Crippen LogP contribution < -0.4 is 14.5 Å². The highest BCUT2D eigenvalue weighted by Gasteiger charge is 2.31. The number of anilines is 1. The third-order valence-electron chi connectivity index (χ3n) is 5.82. The lowest BCUT2D eigenvalue weighted by atomic mass is 10.0. The maximum Gasteiger partial charge on any atom is 0.240 e. The van der Waals surface area contributed by atoms with Crippen molar-refractivity contribution in [2.45, 2.75) is 23.8 Å². The molecule has 1 N–H and O–H groups in total. The minimum Gasteiger partial charge on any atom is -0.493 e. The number of hydrogen-bond donors (Lipinski definition) is 1. The molecule has 0 spiro atoms. The van der Waals surface area contributed by atoms with Crippen LogP contribution in [0.3, 0.4) is 0 Å². The van der Waals surface area contributed by atoms with E-state index in [1.165, 1.54) is 0 Å². The zero-order valence-electron chi connectivity index (χ0n) is 17.8. The fourth-order valence-electron chi connectivity index (χ4n) is 4.10. The molecule has 0 aliphatic carbocycles. The number of ether oxygens (including phenoxy) is 1. The number of hydrazone groups is 1. The van der Waals surface area contributed by atoms with E-state index in [2.05, 4.69) is 4.72 Å². The summed E-state index contributed by atoms with van der Waals surface area (Å²) in [6, 6.07) is 17.4. The van der Waals surface area contributed by atoms with Crippen LogP contribution in [0.25, 0.3) is 0 Å². The molecule has 3 aromatic rings. The average molecular weight is 537 g/mol. The van der Waals surface area contributed by atoms with Crippen molar-refractivity contribution < 1.29 is 13.2 Å². The summed E-state index contributed by atoms with van der Waals surface area (Å²) in [4.78, 5) is 0.210. The van der Waals surface area contributed by atoms with Crippen molar-refractivity contribution in [3.8, 4) is 5.75 Å². The van der Waals surface area contributed by atoms with Crippen LogP contribution in [0.15, 0.2) is 70.7 Å². The summed E-state index contributed by atoms with van der Waals surface area (Å²) >= 11 is 18.6. The minimum atomic E-state index is -3.72. The molecule has 1 unspecified atom stereocenters. The maximum atomic E-state index is 12.9. The van der Waals surface area contributed by atoms with E-state index in [9.17, 15) is 8.42 Å². The second-order valence-electron chi connectivity index (χ2n) is 8.07. The van der Waals surface area contributed by atoms with E-state index < -0.39 is 10.0 Å². The van der Waals surface area contributed by atoms with Gasteiger partial charge in [-0.2, -0.15) is 5.10 Å². The number of rotatable bonds is 6. The second-order valence-corrected chi connectivity index (χ2v) is 11.1. The molecule has 2 aliphatic heterocycles. The Kier molecular flexibility index (Phi) is 6.48. The van der Waals surface area contributed by atoms with Crippen molar-refractivity contribution in [3.63, 3.8) is 0 Å². The Hall–Kier alpha value is -2.29. The number of hydrogen-bond acceptors (Lipinski definition) is 5. The SMILES string of the molecule is O=S(=O)(NCC1=NN(c2ccc(Cl)cc2Cl)C(c2ccc(Cl)cc2)C1)c1ccc2c(c1)CCO2. The highest BCUT2D eigenvalue weighted by atomic mass is 35.5. The zero-order chi connectivity index (χ0) is 23.9. The van der Waals surface area contributed by atoms with Crippen LogP contribution in [0.5, 0.6) is 5.75 Å². The third-order valence-corrected chi connectivity index (χ3v) is 8.01. The molecule has 5 rings (SSSR count). The summed E-state index contributed by atoms with van der Waals surface area (Å²) in [5.41, 5.74) is 3.24. The number of halogens is 3. The Labute approximate surface area is 213 Å². The molecule has 0 saturated carbocycles. The lowest BCUT2D eigenvalue weighted by molar-refractivity contribution is 0.356. The predicted octanol–water partition coefficient (Wildman–Crippen LogP) is 5.87. The zero-order valence-corrected chi connectivity index (χ0v) is 20.9. The topological polar surface area (TPSA) is 71.0 Å². The van der Waals surface area contributed by atoms with E-state index >= 15 is 0 Å². The number of nitrogens with one attached hydrogen (secondary N) is 1. The molecular weight excluding hydrogens is 517 g/mol. The summed E-state index contributed by atoms with van der Waals surface area (Å²) < 4.78 is 34.1. The quantitative estimate of drug-likeness (QED) is 0.428. The van der Waals surface area contributed by atoms with Gasteiger partial charge in [0.05, 0.1) is 40.5 Å². The van der Waals surface area contributed by atoms with E-state index in [1.807, 2.05) is 24.3 Å². The van der Waals surface area contributed by atoms with Gasteiger partial charge < -0.3 is 4.74 Å². The molecule has 0 radical (unpaired) electrons. The van der Waals surface area contributed by atoms with Gasteiger partial charge in [0.25, 0.3) is 0 Å². The van der Waals surface area contributed by atoms with Gasteiger partial charge in [0.15, 0.2) is 0 Å². The molecule has 0 amide bonds. The number of fused-ring (bicyclic) bond motifs is 1. The van der Waals surface area contributed by atoms with Crippen molar-refractivity contribution in [1.29, 1.82) is 0 Å². The lowest BCUT2D eigenvalue weighted by Crippen LogP contribution is -2.29. The highest BCUT2D eigenvalue weighted by Crippen LogP contribution is 2.40. The molecular formula is C24H20Cl3N3O3S. The Balaban J connectivity index is 1.40. The van der Waals surface area contributed by atoms with E-state index in [0.717, 1.165) is 16.9 Å². The summed E-state index contributed by atoms with van der Waals surface area (Å²) in [6.45, 7) is 0.639. The molecule has 6 nitrogen and oxygen atoms in total. The first kappa shape index (κ1) is 23.5. The lowest BCUT2D eigenvalue weighted by Gasteiger charge is -2.25. The molecule has 3 aromatic carbocycles. The fraction of sp³-hybridized carbons (Fsp3) is 0.208. The smallest absolute Gasteiger partial charge is 0.240 e. The molecule has 0 saturated heterocycles. The van der Waals surface area contributed by atoms with Crippen molar-refractivity contribution >= 4 is 56.2 Å². The van der Waals surface area contributed by atoms with Crippen LogP contribution in [-0.4, -0.2) is 27.3 Å². The van der Waals surface area contributed by atoms with E-state index in [4.69, 9.17) is 44.6 Å². The average Bonchev–Trinajstić information content (AvgIpc) is 3.45. The van der Waals surface area contributed by atoms with Gasteiger partial charge >= 0.3 is 0 Å². The first-order valence-corrected chi connectivity index (χ1v) is 13.2. The van der Waals surface area contributed by atoms with Crippen LogP contribution in [0.4, 0.5) is 5.69 Å². The van der Waals surface area contributed by atoms with Gasteiger partial charge in [0.1, 0.15) is 5.75 Å². The molecule has 10 heteroatoms. The van der Waals surface area contributed by atoms with Crippen LogP contribution in [0, 0.1) is 0 Å². The molecule has 0 aromatic heterocycles. The van der Waals surface area contributed by atoms with Crippen molar-refractivity contribution in [2.75, 3.05) is 18.2 Å². The summed E-state index contributed by atoms with van der Waals surface area (Å²) in [5, 5.41) is 8.14. The third kappa shape index (κ3) is 4.76. The van der Waals surface area contributed by atoms with Gasteiger partial charge in [0.2, 0.25) is 10.0 Å². The molecule has 2 heterocycles. The summed E-state index contributed by atoms with van der Waals surface area (Å²) in [6.07, 6.45) is 1.21. The minimum absolute atomic E-state index is 0.0711. The predicted molar refractivity (Wildman–Crippen MR) is 136 cm³/mol. The Morgan fingerprint density at radius 3 is 2.53 bits per heavy atom. The first-order valence-electron chi connectivity index (χ1n) is 10.6. The van der Waals surface area contributed by atoms with E-state index in [-0.39, 0.29) is 17.5 Å². The van der Waals surface area contributed by atoms with Gasteiger partial charge in [0, 0.05) is 22.9 Å². The standard InChI is InChI=1S/C24H20Cl3N3O3S/c25-17-3-1-15(2-4-17)23-13-19(29-30(23)22-7-5-18(26)12-21(22)27)14-28-34(31,32)20-6-8-24-16(11-20)9-10-33-24/h1-8,11-12,23,28H,9-10,13-14H2. The second kappa shape index (κ2) is 9.40. The van der Waals surface area contributed by atoms with Gasteiger partial charge in [-0.25, -0.2) is 13.1 Å². The van der Waals surface area contributed by atoms with Gasteiger partial charge in [-0.1, -0.05) is 46.9 Å². The van der Waals surface area contributed by atoms with E-state index in [1.54, 1.807) is 41.4 Å². The molecule has 1 atom stereocenters. The van der Waals surface area contributed by atoms with Crippen molar-refractivity contribution in [3.05, 3.63) is 86.9 Å².